The molecule has 6 heteroatoms. The zero-order valence-corrected chi connectivity index (χ0v) is 14.9. The van der Waals surface area contributed by atoms with Crippen LogP contribution in [0.3, 0.4) is 0 Å². The summed E-state index contributed by atoms with van der Waals surface area (Å²) in [6.07, 6.45) is 0. The second kappa shape index (κ2) is 7.74. The van der Waals surface area contributed by atoms with E-state index in [1.54, 1.807) is 39.5 Å². The fourth-order valence-corrected chi connectivity index (χ4v) is 2.70. The van der Waals surface area contributed by atoms with E-state index in [2.05, 4.69) is 5.10 Å². The van der Waals surface area contributed by atoms with E-state index in [0.29, 0.717) is 29.5 Å². The number of aromatic nitrogens is 2. The lowest BCUT2D eigenvalue weighted by Gasteiger charge is -2.14. The first-order valence-electron chi connectivity index (χ1n) is 8.08. The van der Waals surface area contributed by atoms with E-state index in [1.165, 1.54) is 10.7 Å². The van der Waals surface area contributed by atoms with Gasteiger partial charge in [0, 0.05) is 11.6 Å². The van der Waals surface area contributed by atoms with Crippen LogP contribution in [0.25, 0.3) is 11.3 Å². The summed E-state index contributed by atoms with van der Waals surface area (Å²) in [5.74, 6) is 1.57. The van der Waals surface area contributed by atoms with Gasteiger partial charge in [-0.25, -0.2) is 4.68 Å². The van der Waals surface area contributed by atoms with E-state index in [0.717, 1.165) is 11.1 Å². The molecule has 0 aliphatic carbocycles. The van der Waals surface area contributed by atoms with Gasteiger partial charge in [0.05, 0.1) is 33.6 Å². The van der Waals surface area contributed by atoms with Crippen LogP contribution in [0.2, 0.25) is 0 Å². The largest absolute Gasteiger partial charge is 0.493 e. The predicted octanol–water partition coefficient (Wildman–Crippen LogP) is 2.98. The van der Waals surface area contributed by atoms with E-state index >= 15 is 0 Å². The van der Waals surface area contributed by atoms with Crippen LogP contribution < -0.4 is 19.8 Å². The molecular weight excluding hydrogens is 332 g/mol. The summed E-state index contributed by atoms with van der Waals surface area (Å²) in [4.78, 5) is 12.2. The number of nitrogens with zero attached hydrogens (tertiary/aromatic N) is 2. The molecule has 0 N–H and O–H groups in total. The molecular formula is C20H20N2O4. The first-order valence-corrected chi connectivity index (χ1v) is 8.08. The van der Waals surface area contributed by atoms with Crippen LogP contribution in [0.15, 0.2) is 59.4 Å². The topological polar surface area (TPSA) is 62.6 Å². The number of benzene rings is 2. The fourth-order valence-electron chi connectivity index (χ4n) is 2.70. The smallest absolute Gasteiger partial charge is 0.267 e. The average Bonchev–Trinajstić information content (AvgIpc) is 2.69. The Hall–Kier alpha value is -3.28. The van der Waals surface area contributed by atoms with Gasteiger partial charge < -0.3 is 14.2 Å². The molecule has 134 valence electrons. The Morgan fingerprint density at radius 1 is 0.885 bits per heavy atom. The van der Waals surface area contributed by atoms with Crippen molar-refractivity contribution in [2.75, 3.05) is 21.3 Å². The maximum absolute atomic E-state index is 12.2. The third-order valence-corrected chi connectivity index (χ3v) is 4.00. The van der Waals surface area contributed by atoms with Crippen molar-refractivity contribution in [2.24, 2.45) is 0 Å². The van der Waals surface area contributed by atoms with Crippen molar-refractivity contribution in [2.45, 2.75) is 6.54 Å². The van der Waals surface area contributed by atoms with Crippen molar-refractivity contribution in [1.82, 2.24) is 9.78 Å². The van der Waals surface area contributed by atoms with E-state index in [9.17, 15) is 4.79 Å². The van der Waals surface area contributed by atoms with Gasteiger partial charge in [-0.05, 0) is 23.8 Å². The number of hydrogen-bond donors (Lipinski definition) is 0. The summed E-state index contributed by atoms with van der Waals surface area (Å²) in [5.41, 5.74) is 2.25. The third-order valence-electron chi connectivity index (χ3n) is 4.00. The van der Waals surface area contributed by atoms with Crippen LogP contribution in [-0.2, 0) is 6.54 Å². The van der Waals surface area contributed by atoms with Crippen molar-refractivity contribution in [3.8, 4) is 28.5 Å². The van der Waals surface area contributed by atoms with Crippen LogP contribution in [0.1, 0.15) is 5.56 Å². The highest BCUT2D eigenvalue weighted by atomic mass is 16.5. The Bertz CT molecular complexity index is 927. The summed E-state index contributed by atoms with van der Waals surface area (Å²) >= 11 is 0. The van der Waals surface area contributed by atoms with Gasteiger partial charge >= 0.3 is 0 Å². The van der Waals surface area contributed by atoms with Crippen molar-refractivity contribution < 1.29 is 14.2 Å². The number of rotatable bonds is 6. The molecule has 0 spiro atoms. The zero-order valence-electron chi connectivity index (χ0n) is 14.9. The Kier molecular flexibility index (Phi) is 5.22. The molecule has 26 heavy (non-hydrogen) atoms. The number of hydrogen-bond acceptors (Lipinski definition) is 5. The van der Waals surface area contributed by atoms with Crippen molar-refractivity contribution in [3.63, 3.8) is 0 Å². The second-order valence-electron chi connectivity index (χ2n) is 5.61. The lowest BCUT2D eigenvalue weighted by Crippen LogP contribution is -2.22. The first kappa shape index (κ1) is 17.5. The van der Waals surface area contributed by atoms with Gasteiger partial charge in [0.1, 0.15) is 0 Å². The van der Waals surface area contributed by atoms with Crippen molar-refractivity contribution >= 4 is 0 Å². The van der Waals surface area contributed by atoms with E-state index in [-0.39, 0.29) is 5.56 Å². The third kappa shape index (κ3) is 3.54. The number of methoxy groups -OCH3 is 3. The average molecular weight is 352 g/mol. The van der Waals surface area contributed by atoms with E-state index < -0.39 is 0 Å². The lowest BCUT2D eigenvalue weighted by atomic mass is 10.1. The molecule has 3 aromatic rings. The highest BCUT2D eigenvalue weighted by Gasteiger charge is 2.15. The van der Waals surface area contributed by atoms with Gasteiger partial charge in [-0.1, -0.05) is 30.3 Å². The Morgan fingerprint density at radius 2 is 1.54 bits per heavy atom. The SMILES string of the molecule is COc1cc(-c2ccc(=O)n(Cc3ccccc3)n2)cc(OC)c1OC. The van der Waals surface area contributed by atoms with E-state index in [4.69, 9.17) is 14.2 Å². The summed E-state index contributed by atoms with van der Waals surface area (Å²) in [5, 5.41) is 4.50. The van der Waals surface area contributed by atoms with Gasteiger partial charge in [0.25, 0.3) is 5.56 Å². The summed E-state index contributed by atoms with van der Waals surface area (Å²) in [7, 11) is 4.67. The quantitative estimate of drug-likeness (QED) is 0.682. The summed E-state index contributed by atoms with van der Waals surface area (Å²) in [6, 6.07) is 16.5. The first-order chi connectivity index (χ1) is 12.7. The molecule has 0 unspecified atom stereocenters. The lowest BCUT2D eigenvalue weighted by molar-refractivity contribution is 0.324. The molecule has 0 atom stereocenters. The standard InChI is InChI=1S/C20H20N2O4/c1-24-17-11-15(12-18(25-2)20(17)26-3)16-9-10-19(23)22(21-16)13-14-7-5-4-6-8-14/h4-12H,13H2,1-3H3. The van der Waals surface area contributed by atoms with Gasteiger partial charge in [0.2, 0.25) is 5.75 Å². The summed E-state index contributed by atoms with van der Waals surface area (Å²) in [6.45, 7) is 0.401. The van der Waals surface area contributed by atoms with Crippen LogP contribution in [0.4, 0.5) is 0 Å². The Balaban J connectivity index is 2.05. The van der Waals surface area contributed by atoms with Gasteiger partial charge in [-0.3, -0.25) is 4.79 Å². The van der Waals surface area contributed by atoms with Gasteiger partial charge in [0.15, 0.2) is 11.5 Å². The van der Waals surface area contributed by atoms with Crippen LogP contribution in [0.5, 0.6) is 17.2 Å². The summed E-state index contributed by atoms with van der Waals surface area (Å²) < 4.78 is 17.6. The molecule has 0 fully saturated rings. The van der Waals surface area contributed by atoms with E-state index in [1.807, 2.05) is 30.3 Å². The van der Waals surface area contributed by atoms with Gasteiger partial charge in [-0.2, -0.15) is 5.10 Å². The molecule has 0 saturated heterocycles. The van der Waals surface area contributed by atoms with Crippen LogP contribution in [0, 0.1) is 0 Å². The monoisotopic (exact) mass is 352 g/mol. The molecule has 6 nitrogen and oxygen atoms in total. The Morgan fingerprint density at radius 3 is 2.12 bits per heavy atom. The highest BCUT2D eigenvalue weighted by Crippen LogP contribution is 2.40. The second-order valence-corrected chi connectivity index (χ2v) is 5.61. The minimum atomic E-state index is -0.162. The zero-order chi connectivity index (χ0) is 18.5. The molecule has 0 saturated carbocycles. The highest BCUT2D eigenvalue weighted by molar-refractivity contribution is 5.68. The maximum Gasteiger partial charge on any atom is 0.267 e. The molecule has 0 radical (unpaired) electrons. The molecule has 1 heterocycles. The van der Waals surface area contributed by atoms with Crippen LogP contribution in [-0.4, -0.2) is 31.1 Å². The van der Waals surface area contributed by atoms with Crippen LogP contribution >= 0.6 is 0 Å². The van der Waals surface area contributed by atoms with Gasteiger partial charge in [-0.15, -0.1) is 0 Å². The molecule has 0 aliphatic rings. The molecule has 0 aliphatic heterocycles. The normalized spacial score (nSPS) is 10.4. The fraction of sp³-hybridized carbons (Fsp3) is 0.200. The Labute approximate surface area is 151 Å². The molecule has 0 bridgehead atoms. The van der Waals surface area contributed by atoms with Crippen molar-refractivity contribution in [3.05, 3.63) is 70.5 Å². The molecule has 0 amide bonds. The molecule has 3 rings (SSSR count). The predicted molar refractivity (Wildman–Crippen MR) is 99.1 cm³/mol. The molecule has 1 aromatic heterocycles. The number of ether oxygens (including phenoxy) is 3. The molecule has 2 aromatic carbocycles. The minimum Gasteiger partial charge on any atom is -0.493 e. The minimum absolute atomic E-state index is 0.162. The maximum atomic E-state index is 12.2. The van der Waals surface area contributed by atoms with Crippen molar-refractivity contribution in [1.29, 1.82) is 0 Å².